The minimum Gasteiger partial charge on any atom is -0.386 e. The Hall–Kier alpha value is -0.570. The Balaban J connectivity index is 1.41. The average Bonchev–Trinajstić information content (AvgIpc) is 2.32. The largest absolute Gasteiger partial charge is 0.386 e. The van der Waals surface area contributed by atoms with Gasteiger partial charge in [0.25, 0.3) is 0 Å². The summed E-state index contributed by atoms with van der Waals surface area (Å²) in [5.74, 6) is 3.05. The second kappa shape index (κ2) is 4.22. The van der Waals surface area contributed by atoms with Crippen LogP contribution < -0.4 is 0 Å². The van der Waals surface area contributed by atoms with Crippen molar-refractivity contribution < 1.29 is 9.90 Å². The summed E-state index contributed by atoms with van der Waals surface area (Å²) < 4.78 is 0. The number of rotatable bonds is 3. The van der Waals surface area contributed by atoms with Gasteiger partial charge in [0, 0.05) is 6.42 Å². The molecular formula is C17H27NO2. The third-order valence-electron chi connectivity index (χ3n) is 6.67. The van der Waals surface area contributed by atoms with Gasteiger partial charge in [-0.15, -0.1) is 0 Å². The summed E-state index contributed by atoms with van der Waals surface area (Å²) in [7, 11) is 0. The van der Waals surface area contributed by atoms with Crippen molar-refractivity contribution in [3.63, 3.8) is 0 Å². The molecule has 0 aromatic rings. The highest BCUT2D eigenvalue weighted by atomic mass is 16.3. The van der Waals surface area contributed by atoms with E-state index in [0.29, 0.717) is 24.4 Å². The maximum absolute atomic E-state index is 12.5. The van der Waals surface area contributed by atoms with Crippen LogP contribution in [-0.2, 0) is 4.79 Å². The van der Waals surface area contributed by atoms with Crippen molar-refractivity contribution in [2.75, 3.05) is 13.1 Å². The van der Waals surface area contributed by atoms with Gasteiger partial charge in [-0.3, -0.25) is 4.79 Å². The molecule has 112 valence electrons. The number of nitrogens with zero attached hydrogens (tertiary/aromatic N) is 1. The van der Waals surface area contributed by atoms with E-state index in [4.69, 9.17) is 0 Å². The van der Waals surface area contributed by atoms with Crippen molar-refractivity contribution >= 4 is 5.91 Å². The zero-order valence-electron chi connectivity index (χ0n) is 12.6. The number of aliphatic hydroxyl groups is 1. The summed E-state index contributed by atoms with van der Waals surface area (Å²) in [5.41, 5.74) is -0.247. The SMILES string of the molecule is CCC1(O)CN(C(=O)CC23CC4CC(CC(C4)C2)C3)C1. The zero-order valence-corrected chi connectivity index (χ0v) is 12.6. The molecule has 4 aliphatic carbocycles. The summed E-state index contributed by atoms with van der Waals surface area (Å²) in [6.45, 7) is 3.13. The second-order valence-electron chi connectivity index (χ2n) is 8.42. The Labute approximate surface area is 121 Å². The molecule has 1 heterocycles. The van der Waals surface area contributed by atoms with Gasteiger partial charge in [0.2, 0.25) is 5.91 Å². The van der Waals surface area contributed by atoms with Gasteiger partial charge >= 0.3 is 0 Å². The first-order valence-electron chi connectivity index (χ1n) is 8.49. The zero-order chi connectivity index (χ0) is 14.0. The number of hydrogen-bond donors (Lipinski definition) is 1. The number of β-amino-alcohol motifs (C(OH)–C–C–N with tert-alkyl or cyclic N) is 1. The van der Waals surface area contributed by atoms with E-state index in [1.54, 1.807) is 0 Å². The van der Waals surface area contributed by atoms with Crippen LogP contribution in [0.25, 0.3) is 0 Å². The lowest BCUT2D eigenvalue weighted by Crippen LogP contribution is -2.63. The van der Waals surface area contributed by atoms with Gasteiger partial charge in [0.15, 0.2) is 0 Å². The van der Waals surface area contributed by atoms with Crippen molar-refractivity contribution in [3.8, 4) is 0 Å². The first-order valence-corrected chi connectivity index (χ1v) is 8.49. The molecule has 5 aliphatic rings. The maximum atomic E-state index is 12.5. The lowest BCUT2D eigenvalue weighted by atomic mass is 9.49. The summed E-state index contributed by atoms with van der Waals surface area (Å²) in [6, 6.07) is 0. The fraction of sp³-hybridized carbons (Fsp3) is 0.941. The normalized spacial score (nSPS) is 44.5. The van der Waals surface area contributed by atoms with Gasteiger partial charge in [-0.25, -0.2) is 0 Å². The molecule has 4 saturated carbocycles. The molecule has 0 unspecified atom stereocenters. The first kappa shape index (κ1) is 13.1. The lowest BCUT2D eigenvalue weighted by molar-refractivity contribution is -0.162. The predicted molar refractivity (Wildman–Crippen MR) is 77.0 cm³/mol. The predicted octanol–water partition coefficient (Wildman–Crippen LogP) is 2.58. The highest BCUT2D eigenvalue weighted by Gasteiger charge is 2.52. The summed E-state index contributed by atoms with van der Waals surface area (Å²) in [5, 5.41) is 10.1. The Bertz CT molecular complexity index is 389. The van der Waals surface area contributed by atoms with Crippen molar-refractivity contribution in [2.24, 2.45) is 23.2 Å². The van der Waals surface area contributed by atoms with E-state index in [1.807, 2.05) is 11.8 Å². The Morgan fingerprint density at radius 3 is 2.05 bits per heavy atom. The summed E-state index contributed by atoms with van der Waals surface area (Å²) in [6.07, 6.45) is 9.74. The van der Waals surface area contributed by atoms with Crippen molar-refractivity contribution in [3.05, 3.63) is 0 Å². The topological polar surface area (TPSA) is 40.5 Å². The van der Waals surface area contributed by atoms with Crippen LogP contribution in [0.4, 0.5) is 0 Å². The van der Waals surface area contributed by atoms with E-state index < -0.39 is 5.60 Å². The van der Waals surface area contributed by atoms with Crippen molar-refractivity contribution in [1.82, 2.24) is 4.90 Å². The molecule has 5 fully saturated rings. The minimum atomic E-state index is -0.586. The third-order valence-corrected chi connectivity index (χ3v) is 6.67. The molecule has 20 heavy (non-hydrogen) atoms. The van der Waals surface area contributed by atoms with Gasteiger partial charge < -0.3 is 10.0 Å². The van der Waals surface area contributed by atoms with Gasteiger partial charge in [0.05, 0.1) is 18.7 Å². The van der Waals surface area contributed by atoms with Crippen LogP contribution in [0.5, 0.6) is 0 Å². The van der Waals surface area contributed by atoms with Gasteiger partial charge in [-0.1, -0.05) is 6.92 Å². The standard InChI is InChI=1S/C17H27NO2/c1-2-17(20)10-18(11-17)15(19)9-16-6-12-3-13(7-16)5-14(4-12)8-16/h12-14,20H,2-11H2,1H3. The molecule has 3 nitrogen and oxygen atoms in total. The molecule has 0 radical (unpaired) electrons. The van der Waals surface area contributed by atoms with Crippen LogP contribution in [0.15, 0.2) is 0 Å². The van der Waals surface area contributed by atoms with E-state index in [9.17, 15) is 9.90 Å². The monoisotopic (exact) mass is 277 g/mol. The molecule has 0 aromatic heterocycles. The van der Waals surface area contributed by atoms with E-state index in [2.05, 4.69) is 0 Å². The Kier molecular flexibility index (Phi) is 2.77. The van der Waals surface area contributed by atoms with Crippen molar-refractivity contribution in [2.45, 2.75) is 63.9 Å². The number of carbonyl (C=O) groups is 1. The third kappa shape index (κ3) is 2.01. The average molecular weight is 277 g/mol. The molecule has 0 aromatic carbocycles. The molecular weight excluding hydrogens is 250 g/mol. The molecule has 4 bridgehead atoms. The highest BCUT2D eigenvalue weighted by molar-refractivity contribution is 5.78. The summed E-state index contributed by atoms with van der Waals surface area (Å²) >= 11 is 0. The molecule has 1 saturated heterocycles. The highest BCUT2D eigenvalue weighted by Crippen LogP contribution is 2.61. The van der Waals surface area contributed by atoms with Gasteiger partial charge in [-0.2, -0.15) is 0 Å². The molecule has 3 heteroatoms. The Morgan fingerprint density at radius 2 is 1.60 bits per heavy atom. The van der Waals surface area contributed by atoms with Gasteiger partial charge in [0.1, 0.15) is 0 Å². The maximum Gasteiger partial charge on any atom is 0.223 e. The number of amides is 1. The Morgan fingerprint density at radius 1 is 1.10 bits per heavy atom. The summed E-state index contributed by atoms with van der Waals surface area (Å²) in [4.78, 5) is 14.4. The number of likely N-dealkylation sites (tertiary alicyclic amines) is 1. The van der Waals surface area contributed by atoms with Crippen LogP contribution in [0.2, 0.25) is 0 Å². The van der Waals surface area contributed by atoms with Crippen LogP contribution in [0, 0.1) is 23.2 Å². The fourth-order valence-corrected chi connectivity index (χ4v) is 6.00. The van der Waals surface area contributed by atoms with Crippen LogP contribution >= 0.6 is 0 Å². The quantitative estimate of drug-likeness (QED) is 0.861. The molecule has 1 N–H and O–H groups in total. The van der Waals surface area contributed by atoms with E-state index in [0.717, 1.165) is 30.6 Å². The molecule has 5 rings (SSSR count). The second-order valence-corrected chi connectivity index (χ2v) is 8.42. The first-order chi connectivity index (χ1) is 9.49. The minimum absolute atomic E-state index is 0.310. The van der Waals surface area contributed by atoms with Crippen LogP contribution in [0.1, 0.15) is 58.3 Å². The molecule has 1 amide bonds. The number of carbonyl (C=O) groups excluding carboxylic acids is 1. The van der Waals surface area contributed by atoms with E-state index in [-0.39, 0.29) is 0 Å². The molecule has 0 atom stereocenters. The van der Waals surface area contributed by atoms with E-state index >= 15 is 0 Å². The number of hydrogen-bond acceptors (Lipinski definition) is 2. The van der Waals surface area contributed by atoms with Crippen LogP contribution in [0.3, 0.4) is 0 Å². The molecule has 0 spiro atoms. The lowest BCUT2D eigenvalue weighted by Gasteiger charge is -2.57. The van der Waals surface area contributed by atoms with E-state index in [1.165, 1.54) is 38.5 Å². The smallest absolute Gasteiger partial charge is 0.223 e. The molecule has 1 aliphatic heterocycles. The van der Waals surface area contributed by atoms with Crippen molar-refractivity contribution in [1.29, 1.82) is 0 Å². The van der Waals surface area contributed by atoms with Crippen LogP contribution in [-0.4, -0.2) is 34.6 Å². The fourth-order valence-electron chi connectivity index (χ4n) is 6.00. The van der Waals surface area contributed by atoms with Gasteiger partial charge in [-0.05, 0) is 68.1 Å².